The smallest absolute Gasteiger partial charge is 0.416 e. The number of hydrogen-bond acceptors (Lipinski definition) is 5. The van der Waals surface area contributed by atoms with Gasteiger partial charge in [-0.3, -0.25) is 4.79 Å². The number of alkyl halides is 3. The molecule has 3 rings (SSSR count). The van der Waals surface area contributed by atoms with Crippen LogP contribution in [0.3, 0.4) is 0 Å². The zero-order chi connectivity index (χ0) is 21.2. The quantitative estimate of drug-likeness (QED) is 0.604. The van der Waals surface area contributed by atoms with Crippen LogP contribution in [0.25, 0.3) is 0 Å². The number of hydrogen-bond donors (Lipinski definition) is 1. The number of halogens is 4. The van der Waals surface area contributed by atoms with Crippen LogP contribution in [0.5, 0.6) is 5.75 Å². The van der Waals surface area contributed by atoms with Crippen LogP contribution in [-0.4, -0.2) is 35.0 Å². The van der Waals surface area contributed by atoms with Crippen molar-refractivity contribution in [2.45, 2.75) is 12.3 Å². The largest absolute Gasteiger partial charge is 0.481 e. The topological polar surface area (TPSA) is 78.2 Å². The van der Waals surface area contributed by atoms with Gasteiger partial charge in [-0.1, -0.05) is 6.58 Å². The molecule has 0 aliphatic carbocycles. The third-order valence-corrected chi connectivity index (χ3v) is 4.15. The summed E-state index contributed by atoms with van der Waals surface area (Å²) in [6.45, 7) is 3.14. The molecule has 29 heavy (non-hydrogen) atoms. The van der Waals surface area contributed by atoms with Crippen LogP contribution in [-0.2, 0) is 11.0 Å². The minimum absolute atomic E-state index is 0.0890. The molecule has 0 bridgehead atoms. The Hall–Kier alpha value is -3.61. The SMILES string of the molecule is C=C(F)C(=O)N1CC(Oc2c(C#N)ccnc2Nc2ccc(C(F)(F)F)cc2)C1. The number of carbonyl (C=O) groups excluding carboxylic acids is 1. The molecule has 2 heterocycles. The number of amides is 1. The van der Waals surface area contributed by atoms with E-state index in [9.17, 15) is 27.6 Å². The van der Waals surface area contributed by atoms with Gasteiger partial charge in [-0.25, -0.2) is 9.37 Å². The highest BCUT2D eigenvalue weighted by Gasteiger charge is 2.34. The van der Waals surface area contributed by atoms with Crippen molar-refractivity contribution in [3.63, 3.8) is 0 Å². The van der Waals surface area contributed by atoms with Crippen molar-refractivity contribution in [2.75, 3.05) is 18.4 Å². The van der Waals surface area contributed by atoms with Gasteiger partial charge >= 0.3 is 6.18 Å². The molecule has 2 aromatic rings. The highest BCUT2D eigenvalue weighted by atomic mass is 19.4. The molecule has 1 N–H and O–H groups in total. The Bertz CT molecular complexity index is 977. The molecule has 150 valence electrons. The van der Waals surface area contributed by atoms with Gasteiger partial charge in [-0.15, -0.1) is 0 Å². The number of nitrogens with one attached hydrogen (secondary N) is 1. The summed E-state index contributed by atoms with van der Waals surface area (Å²) in [6.07, 6.45) is -3.60. The lowest BCUT2D eigenvalue weighted by molar-refractivity contribution is -0.138. The maximum absolute atomic E-state index is 12.9. The fraction of sp³-hybridized carbons (Fsp3) is 0.211. The Morgan fingerprint density at radius 3 is 2.48 bits per heavy atom. The zero-order valence-corrected chi connectivity index (χ0v) is 14.8. The summed E-state index contributed by atoms with van der Waals surface area (Å²) in [5.74, 6) is -1.69. The first-order valence-electron chi connectivity index (χ1n) is 8.32. The number of nitriles is 1. The third-order valence-electron chi connectivity index (χ3n) is 4.15. The Labute approximate surface area is 163 Å². The molecule has 1 amide bonds. The molecule has 0 spiro atoms. The van der Waals surface area contributed by atoms with Gasteiger partial charge in [0, 0.05) is 11.9 Å². The van der Waals surface area contributed by atoms with Crippen LogP contribution in [0.2, 0.25) is 0 Å². The van der Waals surface area contributed by atoms with Gasteiger partial charge in [0.2, 0.25) is 0 Å². The number of ether oxygens (including phenoxy) is 1. The summed E-state index contributed by atoms with van der Waals surface area (Å²) in [4.78, 5) is 16.8. The van der Waals surface area contributed by atoms with Crippen LogP contribution in [0.1, 0.15) is 11.1 Å². The summed E-state index contributed by atoms with van der Waals surface area (Å²) in [6, 6.07) is 7.64. The molecule has 0 radical (unpaired) electrons. The molecule has 1 aromatic carbocycles. The zero-order valence-electron chi connectivity index (χ0n) is 14.8. The number of likely N-dealkylation sites (tertiary alicyclic amines) is 1. The Morgan fingerprint density at radius 2 is 1.93 bits per heavy atom. The van der Waals surface area contributed by atoms with E-state index in [4.69, 9.17) is 4.74 Å². The fourth-order valence-electron chi connectivity index (χ4n) is 2.64. The van der Waals surface area contributed by atoms with E-state index < -0.39 is 29.6 Å². The first-order valence-corrected chi connectivity index (χ1v) is 8.32. The van der Waals surface area contributed by atoms with Crippen molar-refractivity contribution >= 4 is 17.4 Å². The number of nitrogens with zero attached hydrogens (tertiary/aromatic N) is 3. The highest BCUT2D eigenvalue weighted by Crippen LogP contribution is 2.33. The van der Waals surface area contributed by atoms with Gasteiger partial charge in [0.05, 0.1) is 24.2 Å². The lowest BCUT2D eigenvalue weighted by Gasteiger charge is -2.38. The average molecular weight is 406 g/mol. The van der Waals surface area contributed by atoms with E-state index in [2.05, 4.69) is 16.9 Å². The molecule has 1 aliphatic rings. The Morgan fingerprint density at radius 1 is 1.28 bits per heavy atom. The first kappa shape index (κ1) is 20.1. The van der Waals surface area contributed by atoms with E-state index >= 15 is 0 Å². The van der Waals surface area contributed by atoms with Crippen molar-refractivity contribution in [3.05, 3.63) is 60.1 Å². The van der Waals surface area contributed by atoms with Crippen molar-refractivity contribution in [1.82, 2.24) is 9.88 Å². The van der Waals surface area contributed by atoms with E-state index in [-0.39, 0.29) is 30.2 Å². The number of benzene rings is 1. The van der Waals surface area contributed by atoms with E-state index in [0.29, 0.717) is 5.69 Å². The van der Waals surface area contributed by atoms with Gasteiger partial charge in [0.25, 0.3) is 5.91 Å². The highest BCUT2D eigenvalue weighted by molar-refractivity contribution is 5.91. The minimum atomic E-state index is -4.45. The van der Waals surface area contributed by atoms with E-state index in [1.807, 2.05) is 6.07 Å². The number of anilines is 2. The Balaban J connectivity index is 1.76. The first-order chi connectivity index (χ1) is 13.7. The maximum atomic E-state index is 12.9. The van der Waals surface area contributed by atoms with Crippen molar-refractivity contribution in [1.29, 1.82) is 5.26 Å². The molecule has 0 atom stereocenters. The van der Waals surface area contributed by atoms with E-state index in [0.717, 1.165) is 12.1 Å². The van der Waals surface area contributed by atoms with Gasteiger partial charge in [0.15, 0.2) is 17.4 Å². The molecule has 1 saturated heterocycles. The fourth-order valence-corrected chi connectivity index (χ4v) is 2.64. The summed E-state index contributed by atoms with van der Waals surface area (Å²) in [5.41, 5.74) is -0.342. The average Bonchev–Trinajstić information content (AvgIpc) is 2.64. The molecule has 6 nitrogen and oxygen atoms in total. The summed E-state index contributed by atoms with van der Waals surface area (Å²) >= 11 is 0. The second kappa shape index (κ2) is 7.79. The van der Waals surface area contributed by atoms with Crippen LogP contribution in [0, 0.1) is 11.3 Å². The maximum Gasteiger partial charge on any atom is 0.416 e. The third kappa shape index (κ3) is 4.45. The summed E-state index contributed by atoms with van der Waals surface area (Å²) < 4.78 is 56.7. The predicted octanol–water partition coefficient (Wildman–Crippen LogP) is 3.79. The molecule has 0 saturated carbocycles. The number of aromatic nitrogens is 1. The molecular weight excluding hydrogens is 392 g/mol. The number of pyridine rings is 1. The molecule has 1 aromatic heterocycles. The second-order valence-corrected chi connectivity index (χ2v) is 6.20. The van der Waals surface area contributed by atoms with Crippen molar-refractivity contribution in [2.24, 2.45) is 0 Å². The second-order valence-electron chi connectivity index (χ2n) is 6.20. The lowest BCUT2D eigenvalue weighted by Crippen LogP contribution is -2.56. The Kier molecular flexibility index (Phi) is 5.41. The van der Waals surface area contributed by atoms with Crippen LogP contribution in [0.15, 0.2) is 48.9 Å². The predicted molar refractivity (Wildman–Crippen MR) is 94.9 cm³/mol. The molecule has 1 aliphatic heterocycles. The molecule has 1 fully saturated rings. The lowest BCUT2D eigenvalue weighted by atomic mass is 10.1. The van der Waals surface area contributed by atoms with E-state index in [1.165, 1.54) is 29.3 Å². The number of carbonyl (C=O) groups is 1. The van der Waals surface area contributed by atoms with E-state index in [1.54, 1.807) is 0 Å². The van der Waals surface area contributed by atoms with Crippen LogP contribution < -0.4 is 10.1 Å². The summed E-state index contributed by atoms with van der Waals surface area (Å²) in [7, 11) is 0. The minimum Gasteiger partial charge on any atom is -0.481 e. The van der Waals surface area contributed by atoms with Gasteiger partial charge in [-0.2, -0.15) is 18.4 Å². The molecule has 0 unspecified atom stereocenters. The van der Waals surface area contributed by atoms with Gasteiger partial charge in [0.1, 0.15) is 12.2 Å². The van der Waals surface area contributed by atoms with Gasteiger partial charge in [-0.05, 0) is 30.3 Å². The number of rotatable bonds is 5. The standard InChI is InChI=1S/C19H14F4N4O2/c1-11(20)18(28)27-9-15(10-27)29-16-12(8-24)6-7-25-17(16)26-14-4-2-13(3-5-14)19(21,22)23/h2-7,15H,1,9-10H2,(H,25,26). The normalized spacial score (nSPS) is 14.0. The van der Waals surface area contributed by atoms with Crippen molar-refractivity contribution < 1.29 is 27.1 Å². The monoisotopic (exact) mass is 406 g/mol. The molecule has 10 heteroatoms. The molecular formula is C19H14F4N4O2. The van der Waals surface area contributed by atoms with Crippen LogP contribution >= 0.6 is 0 Å². The summed E-state index contributed by atoms with van der Waals surface area (Å²) in [5, 5.41) is 12.1. The van der Waals surface area contributed by atoms with Crippen LogP contribution in [0.4, 0.5) is 29.1 Å². The van der Waals surface area contributed by atoms with Gasteiger partial charge < -0.3 is 15.0 Å². The van der Waals surface area contributed by atoms with Crippen molar-refractivity contribution in [3.8, 4) is 11.8 Å².